The predicted octanol–water partition coefficient (Wildman–Crippen LogP) is 2.64. The first-order valence-corrected chi connectivity index (χ1v) is 7.82. The topological polar surface area (TPSA) is 15.3 Å². The molecule has 3 fully saturated rings. The summed E-state index contributed by atoms with van der Waals surface area (Å²) in [5.74, 6) is 1.96. The molecule has 1 aliphatic carbocycles. The van der Waals surface area contributed by atoms with Gasteiger partial charge in [-0.2, -0.15) is 0 Å². The van der Waals surface area contributed by atoms with Gasteiger partial charge in [0.25, 0.3) is 0 Å². The summed E-state index contributed by atoms with van der Waals surface area (Å²) in [6.45, 7) is 6.37. The van der Waals surface area contributed by atoms with Gasteiger partial charge in [-0.3, -0.25) is 4.90 Å². The van der Waals surface area contributed by atoms with Gasteiger partial charge in [0, 0.05) is 18.6 Å². The predicted molar refractivity (Wildman–Crippen MR) is 72.1 cm³/mol. The van der Waals surface area contributed by atoms with Crippen LogP contribution in [0.1, 0.15) is 51.9 Å². The van der Waals surface area contributed by atoms with E-state index < -0.39 is 0 Å². The van der Waals surface area contributed by atoms with Gasteiger partial charge in [-0.25, -0.2) is 0 Å². The zero-order chi connectivity index (χ0) is 11.7. The Hall–Kier alpha value is -0.0800. The van der Waals surface area contributed by atoms with Gasteiger partial charge in [0.1, 0.15) is 0 Å². The molecule has 4 unspecified atom stereocenters. The quantitative estimate of drug-likeness (QED) is 0.793. The highest BCUT2D eigenvalue weighted by molar-refractivity contribution is 4.90. The molecule has 2 heterocycles. The monoisotopic (exact) mass is 236 g/mol. The lowest BCUT2D eigenvalue weighted by Gasteiger charge is -2.45. The summed E-state index contributed by atoms with van der Waals surface area (Å²) in [7, 11) is 0. The number of nitrogens with one attached hydrogen (secondary N) is 1. The van der Waals surface area contributed by atoms with Crippen molar-refractivity contribution in [1.29, 1.82) is 0 Å². The average molecular weight is 236 g/mol. The minimum atomic E-state index is 0.749. The van der Waals surface area contributed by atoms with E-state index in [1.165, 1.54) is 64.6 Å². The number of fused-ring (bicyclic) bond motifs is 1. The molecule has 2 aliphatic heterocycles. The number of likely N-dealkylation sites (tertiary alicyclic amines) is 1. The molecular weight excluding hydrogens is 208 g/mol. The lowest BCUT2D eigenvalue weighted by Crippen LogP contribution is -2.49. The van der Waals surface area contributed by atoms with Crippen LogP contribution in [0, 0.1) is 11.8 Å². The SMILES string of the molecule is CC1NCCC1CN1CCCC2CCCCC21. The summed E-state index contributed by atoms with van der Waals surface area (Å²) in [5.41, 5.74) is 0. The molecular formula is C15H28N2. The molecule has 0 aromatic rings. The molecule has 0 aromatic carbocycles. The van der Waals surface area contributed by atoms with Crippen molar-refractivity contribution in [1.82, 2.24) is 10.2 Å². The fourth-order valence-electron chi connectivity index (χ4n) is 4.42. The second kappa shape index (κ2) is 5.27. The first kappa shape index (κ1) is 12.0. The Morgan fingerprint density at radius 2 is 1.88 bits per heavy atom. The van der Waals surface area contributed by atoms with Crippen molar-refractivity contribution in [3.63, 3.8) is 0 Å². The molecule has 0 aromatic heterocycles. The van der Waals surface area contributed by atoms with E-state index in [-0.39, 0.29) is 0 Å². The normalized spacial score (nSPS) is 43.6. The molecule has 2 heteroatoms. The van der Waals surface area contributed by atoms with Gasteiger partial charge >= 0.3 is 0 Å². The first-order chi connectivity index (χ1) is 8.34. The molecule has 0 radical (unpaired) electrons. The molecule has 1 N–H and O–H groups in total. The van der Waals surface area contributed by atoms with Crippen molar-refractivity contribution in [3.8, 4) is 0 Å². The Morgan fingerprint density at radius 3 is 2.71 bits per heavy atom. The number of piperidine rings is 1. The molecule has 3 aliphatic rings. The van der Waals surface area contributed by atoms with Crippen LogP contribution in [0.5, 0.6) is 0 Å². The third-order valence-electron chi connectivity index (χ3n) is 5.52. The maximum Gasteiger partial charge on any atom is 0.0124 e. The first-order valence-electron chi connectivity index (χ1n) is 7.82. The summed E-state index contributed by atoms with van der Waals surface area (Å²) in [5, 5.41) is 3.60. The maximum absolute atomic E-state index is 3.60. The van der Waals surface area contributed by atoms with E-state index in [2.05, 4.69) is 17.1 Å². The van der Waals surface area contributed by atoms with Crippen LogP contribution in [-0.4, -0.2) is 36.6 Å². The van der Waals surface area contributed by atoms with Crippen LogP contribution in [-0.2, 0) is 0 Å². The van der Waals surface area contributed by atoms with Gasteiger partial charge in [0.2, 0.25) is 0 Å². The lowest BCUT2D eigenvalue weighted by molar-refractivity contribution is 0.0470. The second-order valence-corrected chi connectivity index (χ2v) is 6.54. The highest BCUT2D eigenvalue weighted by atomic mass is 15.2. The van der Waals surface area contributed by atoms with Crippen LogP contribution in [0.3, 0.4) is 0 Å². The second-order valence-electron chi connectivity index (χ2n) is 6.54. The molecule has 0 amide bonds. The van der Waals surface area contributed by atoms with Crippen molar-refractivity contribution < 1.29 is 0 Å². The van der Waals surface area contributed by atoms with Gasteiger partial charge in [-0.1, -0.05) is 12.8 Å². The van der Waals surface area contributed by atoms with Crippen LogP contribution in [0.2, 0.25) is 0 Å². The Labute approximate surface area is 106 Å². The van der Waals surface area contributed by atoms with E-state index in [0.717, 1.165) is 23.9 Å². The highest BCUT2D eigenvalue weighted by Crippen LogP contribution is 2.36. The van der Waals surface area contributed by atoms with E-state index in [4.69, 9.17) is 0 Å². The van der Waals surface area contributed by atoms with Gasteiger partial charge in [-0.05, 0) is 64.0 Å². The molecule has 0 spiro atoms. The van der Waals surface area contributed by atoms with E-state index in [1.807, 2.05) is 0 Å². The third-order valence-corrected chi connectivity index (χ3v) is 5.52. The van der Waals surface area contributed by atoms with E-state index in [9.17, 15) is 0 Å². The minimum Gasteiger partial charge on any atom is -0.314 e. The number of nitrogens with zero attached hydrogens (tertiary/aromatic N) is 1. The molecule has 1 saturated carbocycles. The fourth-order valence-corrected chi connectivity index (χ4v) is 4.42. The molecule has 0 bridgehead atoms. The third kappa shape index (κ3) is 2.53. The van der Waals surface area contributed by atoms with E-state index >= 15 is 0 Å². The van der Waals surface area contributed by atoms with Crippen molar-refractivity contribution in [2.45, 2.75) is 64.0 Å². The van der Waals surface area contributed by atoms with Crippen molar-refractivity contribution in [3.05, 3.63) is 0 Å². The van der Waals surface area contributed by atoms with Gasteiger partial charge in [-0.15, -0.1) is 0 Å². The highest BCUT2D eigenvalue weighted by Gasteiger charge is 2.35. The van der Waals surface area contributed by atoms with Crippen LogP contribution < -0.4 is 5.32 Å². The zero-order valence-electron chi connectivity index (χ0n) is 11.3. The summed E-state index contributed by atoms with van der Waals surface area (Å²) >= 11 is 0. The fraction of sp³-hybridized carbons (Fsp3) is 1.00. The van der Waals surface area contributed by atoms with Gasteiger partial charge in [0.05, 0.1) is 0 Å². The number of hydrogen-bond acceptors (Lipinski definition) is 2. The van der Waals surface area contributed by atoms with Crippen LogP contribution in [0.15, 0.2) is 0 Å². The summed E-state index contributed by atoms with van der Waals surface area (Å²) in [6.07, 6.45) is 10.3. The minimum absolute atomic E-state index is 0.749. The van der Waals surface area contributed by atoms with Gasteiger partial charge < -0.3 is 5.32 Å². The molecule has 4 atom stereocenters. The largest absolute Gasteiger partial charge is 0.314 e. The molecule has 2 saturated heterocycles. The summed E-state index contributed by atoms with van der Waals surface area (Å²) in [4.78, 5) is 2.86. The lowest BCUT2D eigenvalue weighted by atomic mass is 9.78. The van der Waals surface area contributed by atoms with E-state index in [0.29, 0.717) is 0 Å². The van der Waals surface area contributed by atoms with Crippen LogP contribution in [0.4, 0.5) is 0 Å². The smallest absolute Gasteiger partial charge is 0.0124 e. The summed E-state index contributed by atoms with van der Waals surface area (Å²) in [6, 6.07) is 1.70. The Balaban J connectivity index is 1.61. The van der Waals surface area contributed by atoms with Crippen LogP contribution >= 0.6 is 0 Å². The van der Waals surface area contributed by atoms with Crippen molar-refractivity contribution in [2.75, 3.05) is 19.6 Å². The van der Waals surface area contributed by atoms with Crippen molar-refractivity contribution >= 4 is 0 Å². The summed E-state index contributed by atoms with van der Waals surface area (Å²) < 4.78 is 0. The molecule has 2 nitrogen and oxygen atoms in total. The van der Waals surface area contributed by atoms with E-state index in [1.54, 1.807) is 0 Å². The number of hydrogen-bond donors (Lipinski definition) is 1. The van der Waals surface area contributed by atoms with Crippen LogP contribution in [0.25, 0.3) is 0 Å². The number of rotatable bonds is 2. The Morgan fingerprint density at radius 1 is 1.06 bits per heavy atom. The standard InChI is InChI=1S/C15H28N2/c1-12-14(8-9-16-12)11-17-10-4-6-13-5-2-3-7-15(13)17/h12-16H,2-11H2,1H3. The molecule has 3 rings (SSSR count). The molecule has 98 valence electrons. The average Bonchev–Trinajstić information content (AvgIpc) is 2.76. The molecule has 17 heavy (non-hydrogen) atoms. The Kier molecular flexibility index (Phi) is 3.72. The Bertz CT molecular complexity index is 251. The van der Waals surface area contributed by atoms with Crippen molar-refractivity contribution in [2.24, 2.45) is 11.8 Å². The van der Waals surface area contributed by atoms with Gasteiger partial charge in [0.15, 0.2) is 0 Å². The zero-order valence-corrected chi connectivity index (χ0v) is 11.3. The maximum atomic E-state index is 3.60.